The molecule has 5 nitrogen and oxygen atoms in total. The van der Waals surface area contributed by atoms with Gasteiger partial charge in [0, 0.05) is 12.7 Å². The molecular formula is C9H14N4O. The van der Waals surface area contributed by atoms with Crippen molar-refractivity contribution in [2.24, 2.45) is 0 Å². The smallest absolute Gasteiger partial charge is 0.239 e. The zero-order valence-electron chi connectivity index (χ0n) is 8.29. The van der Waals surface area contributed by atoms with Gasteiger partial charge in [-0.25, -0.2) is 4.98 Å². The Bertz CT molecular complexity index is 331. The molecule has 0 spiro atoms. The lowest BCUT2D eigenvalue weighted by Gasteiger charge is -2.35. The number of aromatic nitrogens is 2. The van der Waals surface area contributed by atoms with Gasteiger partial charge >= 0.3 is 0 Å². The maximum Gasteiger partial charge on any atom is 0.239 e. The van der Waals surface area contributed by atoms with Gasteiger partial charge in [-0.05, 0) is 13.8 Å². The van der Waals surface area contributed by atoms with Crippen LogP contribution < -0.4 is 10.6 Å². The fourth-order valence-electron chi connectivity index (χ4n) is 1.61. The van der Waals surface area contributed by atoms with Gasteiger partial charge < -0.3 is 10.3 Å². The fraction of sp³-hybridized carbons (Fsp3) is 0.556. The van der Waals surface area contributed by atoms with Crippen molar-refractivity contribution in [2.75, 3.05) is 6.54 Å². The van der Waals surface area contributed by atoms with E-state index in [9.17, 15) is 4.79 Å². The van der Waals surface area contributed by atoms with Crippen molar-refractivity contribution < 1.29 is 4.79 Å². The zero-order valence-corrected chi connectivity index (χ0v) is 8.29. The van der Waals surface area contributed by atoms with Crippen molar-refractivity contribution in [3.63, 3.8) is 0 Å². The SMILES string of the molecule is CC1(C)NC(c2cnc[nH]2)CNC1=O. The third-order valence-corrected chi connectivity index (χ3v) is 2.46. The van der Waals surface area contributed by atoms with Gasteiger partial charge in [-0.1, -0.05) is 0 Å². The van der Waals surface area contributed by atoms with Gasteiger partial charge in [0.1, 0.15) is 0 Å². The minimum atomic E-state index is -0.520. The number of piperazine rings is 1. The Morgan fingerprint density at radius 3 is 2.93 bits per heavy atom. The number of nitrogens with one attached hydrogen (secondary N) is 3. The fourth-order valence-corrected chi connectivity index (χ4v) is 1.61. The quantitative estimate of drug-likeness (QED) is 0.587. The van der Waals surface area contributed by atoms with Crippen molar-refractivity contribution in [2.45, 2.75) is 25.4 Å². The monoisotopic (exact) mass is 194 g/mol. The molecular weight excluding hydrogens is 180 g/mol. The molecule has 0 bridgehead atoms. The summed E-state index contributed by atoms with van der Waals surface area (Å²) in [6.45, 7) is 4.33. The molecule has 1 atom stereocenters. The molecule has 5 heteroatoms. The van der Waals surface area contributed by atoms with Gasteiger partial charge in [0.15, 0.2) is 0 Å². The van der Waals surface area contributed by atoms with Crippen LogP contribution in [0.25, 0.3) is 0 Å². The zero-order chi connectivity index (χ0) is 10.2. The van der Waals surface area contributed by atoms with Gasteiger partial charge in [-0.15, -0.1) is 0 Å². The molecule has 0 saturated carbocycles. The number of hydrogen-bond donors (Lipinski definition) is 3. The summed E-state index contributed by atoms with van der Waals surface area (Å²) >= 11 is 0. The Kier molecular flexibility index (Phi) is 2.03. The Morgan fingerprint density at radius 1 is 1.57 bits per heavy atom. The average Bonchev–Trinajstić information content (AvgIpc) is 2.62. The topological polar surface area (TPSA) is 69.8 Å². The number of carbonyl (C=O) groups is 1. The number of H-pyrrole nitrogens is 1. The van der Waals surface area contributed by atoms with Crippen LogP contribution in [0.15, 0.2) is 12.5 Å². The third kappa shape index (κ3) is 1.50. The Labute approximate surface area is 82.3 Å². The van der Waals surface area contributed by atoms with Crippen LogP contribution in [0.3, 0.4) is 0 Å². The summed E-state index contributed by atoms with van der Waals surface area (Å²) in [5.74, 6) is 0.0354. The highest BCUT2D eigenvalue weighted by Crippen LogP contribution is 2.17. The Morgan fingerprint density at radius 2 is 2.36 bits per heavy atom. The molecule has 0 aliphatic carbocycles. The highest BCUT2D eigenvalue weighted by molar-refractivity contribution is 5.86. The molecule has 1 aliphatic heterocycles. The minimum absolute atomic E-state index is 0.0354. The molecule has 1 saturated heterocycles. The van der Waals surface area contributed by atoms with Crippen LogP contribution in [0.1, 0.15) is 25.6 Å². The first-order valence-electron chi connectivity index (χ1n) is 4.64. The largest absolute Gasteiger partial charge is 0.353 e. The molecule has 1 amide bonds. The van der Waals surface area contributed by atoms with E-state index in [1.54, 1.807) is 12.5 Å². The van der Waals surface area contributed by atoms with Crippen molar-refractivity contribution >= 4 is 5.91 Å². The average molecular weight is 194 g/mol. The van der Waals surface area contributed by atoms with Crippen LogP contribution in [0.4, 0.5) is 0 Å². The lowest BCUT2D eigenvalue weighted by Crippen LogP contribution is -2.60. The summed E-state index contributed by atoms with van der Waals surface area (Å²) in [6, 6.07) is 0.116. The maximum atomic E-state index is 11.4. The van der Waals surface area contributed by atoms with E-state index < -0.39 is 5.54 Å². The number of amides is 1. The van der Waals surface area contributed by atoms with E-state index in [1.807, 2.05) is 13.8 Å². The standard InChI is InChI=1S/C9H14N4O/c1-9(2)8(14)11-4-7(13-9)6-3-10-5-12-6/h3,5,7,13H,4H2,1-2H3,(H,10,12)(H,11,14). The summed E-state index contributed by atoms with van der Waals surface area (Å²) in [6.07, 6.45) is 3.41. The van der Waals surface area contributed by atoms with Gasteiger partial charge in [0.05, 0.1) is 23.6 Å². The first-order valence-corrected chi connectivity index (χ1v) is 4.64. The molecule has 76 valence electrons. The third-order valence-electron chi connectivity index (χ3n) is 2.46. The predicted molar refractivity (Wildman–Crippen MR) is 51.6 cm³/mol. The van der Waals surface area contributed by atoms with Crippen LogP contribution in [0, 0.1) is 0 Å². The van der Waals surface area contributed by atoms with Crippen molar-refractivity contribution in [1.29, 1.82) is 0 Å². The lowest BCUT2D eigenvalue weighted by atomic mass is 9.98. The first kappa shape index (κ1) is 9.21. The summed E-state index contributed by atoms with van der Waals surface area (Å²) in [5.41, 5.74) is 0.478. The summed E-state index contributed by atoms with van der Waals surface area (Å²) < 4.78 is 0. The summed E-state index contributed by atoms with van der Waals surface area (Å²) in [4.78, 5) is 18.4. The van der Waals surface area contributed by atoms with Gasteiger partial charge in [0.2, 0.25) is 5.91 Å². The van der Waals surface area contributed by atoms with E-state index >= 15 is 0 Å². The van der Waals surface area contributed by atoms with Crippen LogP contribution >= 0.6 is 0 Å². The van der Waals surface area contributed by atoms with Crippen molar-refractivity contribution in [3.8, 4) is 0 Å². The van der Waals surface area contributed by atoms with E-state index in [4.69, 9.17) is 0 Å². The molecule has 0 radical (unpaired) electrons. The van der Waals surface area contributed by atoms with Gasteiger partial charge in [0.25, 0.3) is 0 Å². The molecule has 1 aliphatic rings. The van der Waals surface area contributed by atoms with Crippen LogP contribution in [0.2, 0.25) is 0 Å². The highest BCUT2D eigenvalue weighted by atomic mass is 16.2. The Hall–Kier alpha value is -1.36. The number of rotatable bonds is 1. The second-order valence-electron chi connectivity index (χ2n) is 4.04. The second kappa shape index (κ2) is 3.09. The Balaban J connectivity index is 2.15. The van der Waals surface area contributed by atoms with Crippen LogP contribution in [-0.2, 0) is 4.79 Å². The molecule has 2 heterocycles. The number of nitrogens with zero attached hydrogens (tertiary/aromatic N) is 1. The number of hydrogen-bond acceptors (Lipinski definition) is 3. The van der Waals surface area contributed by atoms with Gasteiger partial charge in [-0.2, -0.15) is 0 Å². The summed E-state index contributed by atoms with van der Waals surface area (Å²) in [7, 11) is 0. The maximum absolute atomic E-state index is 11.4. The van der Waals surface area contributed by atoms with E-state index in [0.717, 1.165) is 5.69 Å². The second-order valence-corrected chi connectivity index (χ2v) is 4.04. The van der Waals surface area contributed by atoms with E-state index in [2.05, 4.69) is 20.6 Å². The molecule has 1 aromatic heterocycles. The van der Waals surface area contributed by atoms with E-state index in [0.29, 0.717) is 6.54 Å². The predicted octanol–water partition coefficient (Wildman–Crippen LogP) is -0.0512. The van der Waals surface area contributed by atoms with Crippen LogP contribution in [0.5, 0.6) is 0 Å². The molecule has 1 fully saturated rings. The van der Waals surface area contributed by atoms with E-state index in [1.165, 1.54) is 0 Å². The first-order chi connectivity index (χ1) is 6.59. The lowest BCUT2D eigenvalue weighted by molar-refractivity contribution is -0.128. The van der Waals surface area contributed by atoms with E-state index in [-0.39, 0.29) is 11.9 Å². The number of aromatic amines is 1. The highest BCUT2D eigenvalue weighted by Gasteiger charge is 2.35. The minimum Gasteiger partial charge on any atom is -0.353 e. The van der Waals surface area contributed by atoms with Crippen LogP contribution in [-0.4, -0.2) is 28.0 Å². The number of carbonyl (C=O) groups excluding carboxylic acids is 1. The van der Waals surface area contributed by atoms with Crippen molar-refractivity contribution in [3.05, 3.63) is 18.2 Å². The van der Waals surface area contributed by atoms with Gasteiger partial charge in [-0.3, -0.25) is 10.1 Å². The van der Waals surface area contributed by atoms with Crippen molar-refractivity contribution in [1.82, 2.24) is 20.6 Å². The summed E-state index contributed by atoms with van der Waals surface area (Å²) in [5, 5.41) is 6.12. The molecule has 3 N–H and O–H groups in total. The molecule has 14 heavy (non-hydrogen) atoms. The molecule has 2 rings (SSSR count). The molecule has 1 unspecified atom stereocenters. The number of imidazole rings is 1. The molecule has 0 aromatic carbocycles. The molecule has 1 aromatic rings. The normalized spacial score (nSPS) is 25.9.